The van der Waals surface area contributed by atoms with Gasteiger partial charge in [0.2, 0.25) is 5.91 Å². The molecule has 0 unspecified atom stereocenters. The Kier molecular flexibility index (Phi) is 5.42. The van der Waals surface area contributed by atoms with Crippen LogP contribution in [0.1, 0.15) is 6.42 Å². The first-order valence-corrected chi connectivity index (χ1v) is 3.50. The van der Waals surface area contributed by atoms with Crippen LogP contribution >= 0.6 is 0 Å². The van der Waals surface area contributed by atoms with Crippen molar-refractivity contribution in [3.63, 3.8) is 0 Å². The quantitative estimate of drug-likeness (QED) is 0.379. The number of rotatable bonds is 5. The number of amides is 1. The van der Waals surface area contributed by atoms with Gasteiger partial charge in [0.05, 0.1) is 0 Å². The Hall–Kier alpha value is -1.52. The summed E-state index contributed by atoms with van der Waals surface area (Å²) in [5, 5.41) is 13.3. The van der Waals surface area contributed by atoms with Crippen molar-refractivity contribution in [2.75, 3.05) is 13.6 Å². The smallest absolute Gasteiger partial charge is 0.329 e. The van der Waals surface area contributed by atoms with E-state index in [1.54, 1.807) is 7.05 Å². The summed E-state index contributed by atoms with van der Waals surface area (Å²) >= 11 is 0. The molecule has 5 nitrogen and oxygen atoms in total. The third-order valence-electron chi connectivity index (χ3n) is 1.12. The molecule has 0 bridgehead atoms. The first kappa shape index (κ1) is 10.5. The molecule has 0 aromatic heterocycles. The molecule has 68 valence electrons. The summed E-state index contributed by atoms with van der Waals surface area (Å²) in [5.74, 6) is -1.09. The van der Waals surface area contributed by atoms with Gasteiger partial charge in [-0.05, 0) is 0 Å². The monoisotopic (exact) mass is 172 g/mol. The van der Waals surface area contributed by atoms with E-state index in [4.69, 9.17) is 5.11 Å². The number of nitrogens with one attached hydrogen (secondary N) is 2. The van der Waals surface area contributed by atoms with E-state index in [1.807, 2.05) is 0 Å². The molecule has 0 spiro atoms. The lowest BCUT2D eigenvalue weighted by Gasteiger charge is -1.98. The Labute approximate surface area is 70.5 Å². The van der Waals surface area contributed by atoms with Crippen LogP contribution in [-0.2, 0) is 9.59 Å². The second-order valence-corrected chi connectivity index (χ2v) is 2.05. The number of carboxylic acids is 1. The third kappa shape index (κ3) is 6.60. The summed E-state index contributed by atoms with van der Waals surface area (Å²) in [7, 11) is 1.55. The van der Waals surface area contributed by atoms with Crippen molar-refractivity contribution >= 4 is 11.9 Å². The fourth-order valence-electron chi connectivity index (χ4n) is 0.524. The highest BCUT2D eigenvalue weighted by Gasteiger charge is 1.93. The second-order valence-electron chi connectivity index (χ2n) is 2.05. The molecule has 3 N–H and O–H groups in total. The Morgan fingerprint density at radius 3 is 2.67 bits per heavy atom. The van der Waals surface area contributed by atoms with Crippen LogP contribution < -0.4 is 10.6 Å². The molecule has 0 atom stereocenters. The highest BCUT2D eigenvalue weighted by molar-refractivity contribution is 5.79. The van der Waals surface area contributed by atoms with Crippen molar-refractivity contribution in [1.29, 1.82) is 0 Å². The summed E-state index contributed by atoms with van der Waals surface area (Å²) in [5.41, 5.74) is 0. The zero-order valence-corrected chi connectivity index (χ0v) is 6.83. The molecule has 0 aliphatic rings. The molecule has 12 heavy (non-hydrogen) atoms. The number of carbonyl (C=O) groups is 2. The van der Waals surface area contributed by atoms with Crippen molar-refractivity contribution in [1.82, 2.24) is 10.6 Å². The number of carboxylic acid groups (broad SMARTS) is 1. The minimum absolute atomic E-state index is 0.0776. The molecule has 0 aromatic rings. The van der Waals surface area contributed by atoms with Crippen molar-refractivity contribution in [2.24, 2.45) is 0 Å². The molecule has 5 heteroatoms. The highest BCUT2D eigenvalue weighted by Crippen LogP contribution is 1.75. The van der Waals surface area contributed by atoms with Crippen LogP contribution in [0.15, 0.2) is 12.3 Å². The minimum Gasteiger partial charge on any atom is -0.478 e. The number of aliphatic carboxylic acids is 1. The minimum atomic E-state index is -1.01. The standard InChI is InChI=1S/C7H12N2O3/c1-8-6(10)2-4-9-5-3-7(11)12/h3,5,9H,2,4H2,1H3,(H,8,10)(H,11,12)/b5-3+. The maximum absolute atomic E-state index is 10.6. The molecular formula is C7H12N2O3. The fourth-order valence-corrected chi connectivity index (χ4v) is 0.524. The largest absolute Gasteiger partial charge is 0.478 e. The van der Waals surface area contributed by atoms with Gasteiger partial charge in [0.25, 0.3) is 0 Å². The zero-order chi connectivity index (χ0) is 9.40. The molecule has 0 radical (unpaired) electrons. The van der Waals surface area contributed by atoms with Crippen LogP contribution in [0.4, 0.5) is 0 Å². The molecule has 0 saturated carbocycles. The molecule has 0 aliphatic heterocycles. The SMILES string of the molecule is CNC(=O)CCN/C=C/C(=O)O. The van der Waals surface area contributed by atoms with Gasteiger partial charge in [0, 0.05) is 32.3 Å². The average Bonchev–Trinajstić information content (AvgIpc) is 2.03. The van der Waals surface area contributed by atoms with E-state index < -0.39 is 5.97 Å². The van der Waals surface area contributed by atoms with E-state index in [9.17, 15) is 9.59 Å². The second kappa shape index (κ2) is 6.21. The molecule has 0 heterocycles. The molecule has 0 aromatic carbocycles. The van der Waals surface area contributed by atoms with Crippen LogP contribution in [0.3, 0.4) is 0 Å². The molecule has 0 aliphatic carbocycles. The summed E-state index contributed by atoms with van der Waals surface area (Å²) in [6.07, 6.45) is 2.61. The van der Waals surface area contributed by atoms with Crippen molar-refractivity contribution in [3.05, 3.63) is 12.3 Å². The lowest BCUT2D eigenvalue weighted by molar-refractivity contribution is -0.131. The normalized spacial score (nSPS) is 9.75. The third-order valence-corrected chi connectivity index (χ3v) is 1.12. The zero-order valence-electron chi connectivity index (χ0n) is 6.83. The average molecular weight is 172 g/mol. The van der Waals surface area contributed by atoms with Gasteiger partial charge in [0.15, 0.2) is 0 Å². The summed E-state index contributed by atoms with van der Waals surface area (Å²) in [6, 6.07) is 0. The van der Waals surface area contributed by atoms with E-state index in [-0.39, 0.29) is 5.91 Å². The highest BCUT2D eigenvalue weighted by atomic mass is 16.4. The Morgan fingerprint density at radius 1 is 1.50 bits per heavy atom. The van der Waals surface area contributed by atoms with Gasteiger partial charge in [-0.1, -0.05) is 0 Å². The van der Waals surface area contributed by atoms with Gasteiger partial charge in [-0.3, -0.25) is 4.79 Å². The van der Waals surface area contributed by atoms with Gasteiger partial charge in [-0.15, -0.1) is 0 Å². The maximum atomic E-state index is 10.6. The molecular weight excluding hydrogens is 160 g/mol. The van der Waals surface area contributed by atoms with Crippen LogP contribution in [0.25, 0.3) is 0 Å². The first-order valence-electron chi connectivity index (χ1n) is 3.50. The summed E-state index contributed by atoms with van der Waals surface area (Å²) in [6.45, 7) is 0.434. The molecule has 0 rings (SSSR count). The van der Waals surface area contributed by atoms with E-state index in [0.29, 0.717) is 13.0 Å². The number of hydrogen-bond acceptors (Lipinski definition) is 3. The predicted octanol–water partition coefficient (Wildman–Crippen LogP) is -0.690. The van der Waals surface area contributed by atoms with Crippen LogP contribution in [0.2, 0.25) is 0 Å². The van der Waals surface area contributed by atoms with Crippen LogP contribution in [0, 0.1) is 0 Å². The van der Waals surface area contributed by atoms with E-state index >= 15 is 0 Å². The molecule has 0 fully saturated rings. The number of carbonyl (C=O) groups excluding carboxylic acids is 1. The van der Waals surface area contributed by atoms with Gasteiger partial charge in [0.1, 0.15) is 0 Å². The topological polar surface area (TPSA) is 78.4 Å². The van der Waals surface area contributed by atoms with Gasteiger partial charge in [-0.25, -0.2) is 4.79 Å². The van der Waals surface area contributed by atoms with Gasteiger partial charge in [-0.2, -0.15) is 0 Å². The molecule has 1 amide bonds. The van der Waals surface area contributed by atoms with E-state index in [1.165, 1.54) is 6.20 Å². The Morgan fingerprint density at radius 2 is 2.17 bits per heavy atom. The summed E-state index contributed by atoms with van der Waals surface area (Å²) < 4.78 is 0. The van der Waals surface area contributed by atoms with Gasteiger partial charge >= 0.3 is 5.97 Å². The fraction of sp³-hybridized carbons (Fsp3) is 0.429. The first-order chi connectivity index (χ1) is 5.66. The van der Waals surface area contributed by atoms with Crippen molar-refractivity contribution in [2.45, 2.75) is 6.42 Å². The lowest BCUT2D eigenvalue weighted by Crippen LogP contribution is -2.22. The van der Waals surface area contributed by atoms with Crippen LogP contribution in [-0.4, -0.2) is 30.6 Å². The Bertz CT molecular complexity index is 189. The summed E-state index contributed by atoms with van der Waals surface area (Å²) in [4.78, 5) is 20.6. The van der Waals surface area contributed by atoms with Crippen molar-refractivity contribution < 1.29 is 14.7 Å². The molecule has 0 saturated heterocycles. The lowest BCUT2D eigenvalue weighted by atomic mass is 10.4. The number of hydrogen-bond donors (Lipinski definition) is 3. The van der Waals surface area contributed by atoms with Gasteiger partial charge < -0.3 is 15.7 Å². The van der Waals surface area contributed by atoms with E-state index in [0.717, 1.165) is 6.08 Å². The maximum Gasteiger partial charge on any atom is 0.329 e. The Balaban J connectivity index is 3.33. The predicted molar refractivity (Wildman–Crippen MR) is 43.5 cm³/mol. The van der Waals surface area contributed by atoms with Crippen LogP contribution in [0.5, 0.6) is 0 Å². The van der Waals surface area contributed by atoms with Crippen molar-refractivity contribution in [3.8, 4) is 0 Å². The van der Waals surface area contributed by atoms with E-state index in [2.05, 4.69) is 10.6 Å².